The third-order valence-corrected chi connectivity index (χ3v) is 3.45. The highest BCUT2D eigenvalue weighted by Gasteiger charge is 2.61. The number of hydrogen-bond acceptors (Lipinski definition) is 5. The van der Waals surface area contributed by atoms with Gasteiger partial charge in [0.25, 0.3) is 5.56 Å². The second-order valence-electron chi connectivity index (χ2n) is 5.26. The van der Waals surface area contributed by atoms with Crippen LogP contribution in [0.1, 0.15) is 22.8 Å². The number of aromatic nitrogens is 4. The largest absolute Gasteiger partial charge is 0.481 e. The zero-order valence-electron chi connectivity index (χ0n) is 13.7. The van der Waals surface area contributed by atoms with Crippen LogP contribution in [0.15, 0.2) is 11.1 Å². The van der Waals surface area contributed by atoms with Crippen molar-refractivity contribution in [3.63, 3.8) is 0 Å². The van der Waals surface area contributed by atoms with Crippen LogP contribution in [0, 0.1) is 19.7 Å². The molecule has 0 fully saturated rings. The second kappa shape index (κ2) is 6.57. The topological polar surface area (TPSA) is 69.9 Å². The summed E-state index contributed by atoms with van der Waals surface area (Å²) in [6, 6.07) is 0. The number of rotatable bonds is 4. The molecule has 2 heterocycles. The number of alkyl halides is 5. The Bertz CT molecular complexity index is 894. The smallest absolute Gasteiger partial charge is 0.459 e. The van der Waals surface area contributed by atoms with Crippen molar-refractivity contribution in [1.82, 2.24) is 19.5 Å². The quantitative estimate of drug-likeness (QED) is 0.760. The van der Waals surface area contributed by atoms with Crippen LogP contribution in [-0.2, 0) is 12.5 Å². The van der Waals surface area contributed by atoms with Gasteiger partial charge in [0.15, 0.2) is 5.69 Å². The van der Waals surface area contributed by atoms with E-state index in [-0.39, 0.29) is 11.4 Å². The van der Waals surface area contributed by atoms with E-state index in [1.165, 1.54) is 14.0 Å². The lowest BCUT2D eigenvalue weighted by Crippen LogP contribution is -2.39. The summed E-state index contributed by atoms with van der Waals surface area (Å²) in [5, 5.41) is 0. The molecule has 0 atom stereocenters. The first-order chi connectivity index (χ1) is 11.9. The number of methoxy groups -OCH3 is 1. The van der Waals surface area contributed by atoms with Gasteiger partial charge in [-0.25, -0.2) is 9.97 Å². The van der Waals surface area contributed by atoms with Gasteiger partial charge in [-0.15, -0.1) is 0 Å². The molecule has 0 saturated carbocycles. The SMILES string of the molecule is COc1nc(C)nc(C)c1Cn1cnc(C(F)(F)C(F)(F)F)c(F)c1=O. The highest BCUT2D eigenvalue weighted by Crippen LogP contribution is 2.43. The van der Waals surface area contributed by atoms with Crippen LogP contribution in [-0.4, -0.2) is 32.8 Å². The van der Waals surface area contributed by atoms with Crippen LogP contribution < -0.4 is 10.3 Å². The zero-order valence-corrected chi connectivity index (χ0v) is 13.7. The van der Waals surface area contributed by atoms with Crippen LogP contribution in [0.25, 0.3) is 0 Å². The molecule has 2 rings (SSSR count). The Balaban J connectivity index is 2.53. The summed E-state index contributed by atoms with van der Waals surface area (Å²) >= 11 is 0. The molecular formula is C14H12F6N4O2. The molecule has 6 nitrogen and oxygen atoms in total. The van der Waals surface area contributed by atoms with Crippen molar-refractivity contribution in [3.05, 3.63) is 45.3 Å². The van der Waals surface area contributed by atoms with Crippen molar-refractivity contribution in [3.8, 4) is 5.88 Å². The maximum Gasteiger partial charge on any atom is 0.459 e. The Morgan fingerprint density at radius 3 is 2.31 bits per heavy atom. The molecule has 0 aliphatic carbocycles. The summed E-state index contributed by atoms with van der Waals surface area (Å²) in [6.45, 7) is 2.67. The predicted molar refractivity (Wildman–Crippen MR) is 75.6 cm³/mol. The molecule has 0 radical (unpaired) electrons. The average molecular weight is 382 g/mol. The maximum atomic E-state index is 13.9. The van der Waals surface area contributed by atoms with Crippen molar-refractivity contribution < 1.29 is 31.1 Å². The third kappa shape index (κ3) is 3.35. The Morgan fingerprint density at radius 1 is 1.15 bits per heavy atom. The molecule has 0 spiro atoms. The van der Waals surface area contributed by atoms with Gasteiger partial charge >= 0.3 is 12.1 Å². The van der Waals surface area contributed by atoms with Crippen molar-refractivity contribution in [2.75, 3.05) is 7.11 Å². The monoisotopic (exact) mass is 382 g/mol. The number of halogens is 6. The van der Waals surface area contributed by atoms with Crippen LogP contribution in [0.4, 0.5) is 26.3 Å². The van der Waals surface area contributed by atoms with Gasteiger partial charge < -0.3 is 4.74 Å². The van der Waals surface area contributed by atoms with Crippen molar-refractivity contribution in [2.45, 2.75) is 32.5 Å². The zero-order chi connectivity index (χ0) is 19.9. The van der Waals surface area contributed by atoms with Gasteiger partial charge in [0.2, 0.25) is 11.7 Å². The number of aryl methyl sites for hydroxylation is 2. The minimum Gasteiger partial charge on any atom is -0.481 e. The first kappa shape index (κ1) is 19.7. The van der Waals surface area contributed by atoms with E-state index < -0.39 is 35.7 Å². The van der Waals surface area contributed by atoms with Crippen LogP contribution in [0.2, 0.25) is 0 Å². The molecule has 12 heteroatoms. The first-order valence-corrected chi connectivity index (χ1v) is 6.98. The second-order valence-corrected chi connectivity index (χ2v) is 5.26. The molecule has 0 N–H and O–H groups in total. The predicted octanol–water partition coefficient (Wildman–Crippen LogP) is 2.50. The molecular weight excluding hydrogens is 370 g/mol. The molecule has 0 aromatic carbocycles. The van der Waals surface area contributed by atoms with E-state index in [0.29, 0.717) is 22.4 Å². The average Bonchev–Trinajstić information content (AvgIpc) is 2.52. The molecule has 0 bridgehead atoms. The Kier molecular flexibility index (Phi) is 4.97. The Hall–Kier alpha value is -2.66. The normalized spacial score (nSPS) is 12.3. The summed E-state index contributed by atoms with van der Waals surface area (Å²) < 4.78 is 83.1. The van der Waals surface area contributed by atoms with Crippen LogP contribution in [0.5, 0.6) is 5.88 Å². The number of ether oxygens (including phenoxy) is 1. The first-order valence-electron chi connectivity index (χ1n) is 6.98. The van der Waals surface area contributed by atoms with Crippen LogP contribution >= 0.6 is 0 Å². The van der Waals surface area contributed by atoms with Crippen molar-refractivity contribution in [2.24, 2.45) is 0 Å². The molecule has 0 unspecified atom stereocenters. The maximum absolute atomic E-state index is 13.9. The molecule has 26 heavy (non-hydrogen) atoms. The Morgan fingerprint density at radius 2 is 1.77 bits per heavy atom. The summed E-state index contributed by atoms with van der Waals surface area (Å²) in [6.07, 6.45) is -5.69. The lowest BCUT2D eigenvalue weighted by Gasteiger charge is -2.19. The molecule has 142 valence electrons. The minimum atomic E-state index is -6.09. The number of hydrogen-bond donors (Lipinski definition) is 0. The van der Waals surface area contributed by atoms with Crippen LogP contribution in [0.3, 0.4) is 0 Å². The molecule has 0 amide bonds. The van der Waals surface area contributed by atoms with Gasteiger partial charge in [0.1, 0.15) is 5.82 Å². The van der Waals surface area contributed by atoms with Gasteiger partial charge in [-0.3, -0.25) is 9.36 Å². The summed E-state index contributed by atoms with van der Waals surface area (Å²) in [5.41, 5.74) is -3.40. The van der Waals surface area contributed by atoms with E-state index >= 15 is 0 Å². The standard InChI is InChI=1S/C14H12F6N4O2/c1-6-8(11(26-3)23-7(2)22-6)4-24-5-21-10(9(15)12(24)25)13(16,17)14(18,19)20/h5H,4H2,1-3H3. The summed E-state index contributed by atoms with van der Waals surface area (Å²) in [4.78, 5) is 22.7. The van der Waals surface area contributed by atoms with E-state index in [0.717, 1.165) is 0 Å². The van der Waals surface area contributed by atoms with Gasteiger partial charge in [-0.05, 0) is 13.8 Å². The molecule has 2 aromatic heterocycles. The third-order valence-electron chi connectivity index (χ3n) is 3.45. The fraction of sp³-hybridized carbons (Fsp3) is 0.429. The number of nitrogens with zero attached hydrogens (tertiary/aromatic N) is 4. The van der Waals surface area contributed by atoms with Gasteiger partial charge in [0.05, 0.1) is 25.5 Å². The lowest BCUT2D eigenvalue weighted by atomic mass is 10.2. The summed E-state index contributed by atoms with van der Waals surface area (Å²) in [5.74, 6) is -7.50. The minimum absolute atomic E-state index is 0.0482. The highest BCUT2D eigenvalue weighted by atomic mass is 19.4. The molecule has 0 aliphatic heterocycles. The summed E-state index contributed by atoms with van der Waals surface area (Å²) in [7, 11) is 1.28. The van der Waals surface area contributed by atoms with Gasteiger partial charge in [0, 0.05) is 5.69 Å². The van der Waals surface area contributed by atoms with E-state index in [9.17, 15) is 31.1 Å². The van der Waals surface area contributed by atoms with E-state index in [4.69, 9.17) is 4.74 Å². The van der Waals surface area contributed by atoms with E-state index in [2.05, 4.69) is 15.0 Å². The van der Waals surface area contributed by atoms with Gasteiger partial charge in [-0.2, -0.15) is 31.3 Å². The van der Waals surface area contributed by atoms with Crippen molar-refractivity contribution in [1.29, 1.82) is 0 Å². The van der Waals surface area contributed by atoms with E-state index in [1.54, 1.807) is 6.92 Å². The molecule has 0 aliphatic rings. The fourth-order valence-electron chi connectivity index (χ4n) is 2.16. The fourth-order valence-corrected chi connectivity index (χ4v) is 2.16. The molecule has 0 saturated heterocycles. The van der Waals surface area contributed by atoms with Crippen molar-refractivity contribution >= 4 is 0 Å². The highest BCUT2D eigenvalue weighted by molar-refractivity contribution is 5.30. The van der Waals surface area contributed by atoms with Gasteiger partial charge in [-0.1, -0.05) is 0 Å². The molecule has 2 aromatic rings. The lowest BCUT2D eigenvalue weighted by molar-refractivity contribution is -0.292. The van der Waals surface area contributed by atoms with E-state index in [1.807, 2.05) is 0 Å². The Labute approximate surface area is 142 Å².